The van der Waals surface area contributed by atoms with Crippen molar-refractivity contribution in [2.75, 3.05) is 21.7 Å². The SMILES string of the molecule is CC(C)(C)OC(=O)Nc1ccc(NC(=O)Nc2cc(C(C)(C)C)nn2-c2cccc(N)c2)cc1. The second-order valence-corrected chi connectivity index (χ2v) is 9.95. The number of nitrogens with one attached hydrogen (secondary N) is 3. The van der Waals surface area contributed by atoms with E-state index >= 15 is 0 Å². The molecule has 0 aliphatic carbocycles. The summed E-state index contributed by atoms with van der Waals surface area (Å²) in [5.74, 6) is 0.510. The van der Waals surface area contributed by atoms with Crippen LogP contribution in [-0.2, 0) is 10.2 Å². The minimum absolute atomic E-state index is 0.213. The zero-order valence-electron chi connectivity index (χ0n) is 20.4. The number of carbonyl (C=O) groups excluding carboxylic acids is 2. The molecule has 3 aromatic rings. The third-order valence-electron chi connectivity index (χ3n) is 4.62. The Kier molecular flexibility index (Phi) is 6.85. The molecule has 180 valence electrons. The maximum absolute atomic E-state index is 12.7. The number of amides is 3. The van der Waals surface area contributed by atoms with Crippen LogP contribution in [0.25, 0.3) is 5.69 Å². The second kappa shape index (κ2) is 9.46. The second-order valence-electron chi connectivity index (χ2n) is 9.95. The minimum Gasteiger partial charge on any atom is -0.444 e. The van der Waals surface area contributed by atoms with Gasteiger partial charge in [0.25, 0.3) is 0 Å². The van der Waals surface area contributed by atoms with Crippen LogP contribution in [0.3, 0.4) is 0 Å². The van der Waals surface area contributed by atoms with E-state index in [0.717, 1.165) is 11.4 Å². The molecular formula is C25H32N6O3. The molecule has 0 saturated carbocycles. The third-order valence-corrected chi connectivity index (χ3v) is 4.62. The Morgan fingerprint density at radius 1 is 0.882 bits per heavy atom. The van der Waals surface area contributed by atoms with E-state index in [0.29, 0.717) is 22.9 Å². The summed E-state index contributed by atoms with van der Waals surface area (Å²) in [5.41, 5.74) is 8.40. The summed E-state index contributed by atoms with van der Waals surface area (Å²) in [4.78, 5) is 24.6. The normalized spacial score (nSPS) is 11.6. The average molecular weight is 465 g/mol. The van der Waals surface area contributed by atoms with Gasteiger partial charge in [-0.15, -0.1) is 0 Å². The molecule has 5 N–H and O–H groups in total. The van der Waals surface area contributed by atoms with Crippen LogP contribution >= 0.6 is 0 Å². The highest BCUT2D eigenvalue weighted by atomic mass is 16.6. The van der Waals surface area contributed by atoms with E-state index in [2.05, 4.69) is 41.8 Å². The lowest BCUT2D eigenvalue weighted by molar-refractivity contribution is 0.0636. The van der Waals surface area contributed by atoms with Crippen LogP contribution in [0, 0.1) is 0 Å². The number of urea groups is 1. The number of carbonyl (C=O) groups is 2. The van der Waals surface area contributed by atoms with Gasteiger partial charge >= 0.3 is 12.1 Å². The molecule has 0 aliphatic heterocycles. The van der Waals surface area contributed by atoms with Crippen molar-refractivity contribution in [2.24, 2.45) is 0 Å². The highest BCUT2D eigenvalue weighted by Gasteiger charge is 2.22. The van der Waals surface area contributed by atoms with E-state index in [1.807, 2.05) is 18.2 Å². The van der Waals surface area contributed by atoms with Gasteiger partial charge in [-0.25, -0.2) is 14.3 Å². The summed E-state index contributed by atoms with van der Waals surface area (Å²) in [6, 6.07) is 15.4. The molecule has 0 spiro atoms. The van der Waals surface area contributed by atoms with E-state index in [9.17, 15) is 9.59 Å². The molecule has 2 aromatic carbocycles. The van der Waals surface area contributed by atoms with Crippen molar-refractivity contribution in [3.05, 3.63) is 60.3 Å². The van der Waals surface area contributed by atoms with E-state index in [4.69, 9.17) is 10.5 Å². The highest BCUT2D eigenvalue weighted by Crippen LogP contribution is 2.27. The van der Waals surface area contributed by atoms with Gasteiger partial charge in [0.1, 0.15) is 11.4 Å². The fourth-order valence-electron chi connectivity index (χ4n) is 3.03. The molecule has 1 aromatic heterocycles. The molecule has 3 amide bonds. The number of nitrogens with zero attached hydrogens (tertiary/aromatic N) is 2. The molecule has 1 heterocycles. The van der Waals surface area contributed by atoms with Crippen molar-refractivity contribution < 1.29 is 14.3 Å². The molecule has 0 aliphatic rings. The van der Waals surface area contributed by atoms with Crippen LogP contribution in [0.4, 0.5) is 32.5 Å². The molecular weight excluding hydrogens is 432 g/mol. The zero-order valence-corrected chi connectivity index (χ0v) is 20.4. The van der Waals surface area contributed by atoms with Crippen LogP contribution in [0.2, 0.25) is 0 Å². The first-order valence-electron chi connectivity index (χ1n) is 10.9. The standard InChI is InChI=1S/C25H32N6O3/c1-24(2,3)20-15-21(31(30-20)19-9-7-8-16(26)14-19)29-22(32)27-17-10-12-18(13-11-17)28-23(33)34-25(4,5)6/h7-15H,26H2,1-6H3,(H,28,33)(H2,27,29,32). The molecule has 0 unspecified atom stereocenters. The molecule has 9 heteroatoms. The Morgan fingerprint density at radius 3 is 2.06 bits per heavy atom. The number of nitrogens with two attached hydrogens (primary N) is 1. The van der Waals surface area contributed by atoms with Gasteiger partial charge in [-0.3, -0.25) is 10.6 Å². The summed E-state index contributed by atoms with van der Waals surface area (Å²) in [7, 11) is 0. The van der Waals surface area contributed by atoms with E-state index in [-0.39, 0.29) is 5.41 Å². The van der Waals surface area contributed by atoms with E-state index < -0.39 is 17.7 Å². The lowest BCUT2D eigenvalue weighted by Crippen LogP contribution is -2.27. The summed E-state index contributed by atoms with van der Waals surface area (Å²) in [6.45, 7) is 11.5. The molecule has 34 heavy (non-hydrogen) atoms. The smallest absolute Gasteiger partial charge is 0.412 e. The Bertz CT molecular complexity index is 1170. The fourth-order valence-corrected chi connectivity index (χ4v) is 3.03. The number of hydrogen-bond acceptors (Lipinski definition) is 5. The zero-order chi connectivity index (χ0) is 25.1. The summed E-state index contributed by atoms with van der Waals surface area (Å²) < 4.78 is 6.89. The first-order valence-corrected chi connectivity index (χ1v) is 10.9. The third kappa shape index (κ3) is 6.74. The van der Waals surface area contributed by atoms with Gasteiger partial charge in [0.2, 0.25) is 0 Å². The lowest BCUT2D eigenvalue weighted by atomic mass is 9.92. The predicted molar refractivity (Wildman–Crippen MR) is 136 cm³/mol. The Morgan fingerprint density at radius 2 is 1.50 bits per heavy atom. The van der Waals surface area contributed by atoms with Crippen LogP contribution in [0.1, 0.15) is 47.2 Å². The number of benzene rings is 2. The van der Waals surface area contributed by atoms with Crippen molar-refractivity contribution in [2.45, 2.75) is 52.6 Å². The van der Waals surface area contributed by atoms with Crippen molar-refractivity contribution in [1.82, 2.24) is 9.78 Å². The molecule has 0 fully saturated rings. The number of nitrogen functional groups attached to an aromatic ring is 1. The minimum atomic E-state index is -0.589. The Labute approximate surface area is 199 Å². The van der Waals surface area contributed by atoms with Gasteiger partial charge in [-0.2, -0.15) is 5.10 Å². The average Bonchev–Trinajstić information content (AvgIpc) is 3.12. The van der Waals surface area contributed by atoms with Gasteiger partial charge in [0.15, 0.2) is 0 Å². The largest absolute Gasteiger partial charge is 0.444 e. The maximum atomic E-state index is 12.7. The molecule has 3 rings (SSSR count). The fraction of sp³-hybridized carbons (Fsp3) is 0.320. The van der Waals surface area contributed by atoms with Crippen LogP contribution < -0.4 is 21.7 Å². The Hall–Kier alpha value is -4.01. The molecule has 0 saturated heterocycles. The van der Waals surface area contributed by atoms with Crippen LogP contribution in [0.5, 0.6) is 0 Å². The van der Waals surface area contributed by atoms with Crippen molar-refractivity contribution in [3.8, 4) is 5.69 Å². The monoisotopic (exact) mass is 464 g/mol. The van der Waals surface area contributed by atoms with Gasteiger partial charge < -0.3 is 15.8 Å². The number of anilines is 4. The van der Waals surface area contributed by atoms with Gasteiger partial charge in [0.05, 0.1) is 11.4 Å². The predicted octanol–water partition coefficient (Wildman–Crippen LogP) is 5.74. The summed E-state index contributed by atoms with van der Waals surface area (Å²) >= 11 is 0. The Balaban J connectivity index is 1.72. The maximum Gasteiger partial charge on any atom is 0.412 e. The molecule has 0 radical (unpaired) electrons. The quantitative estimate of drug-likeness (QED) is 0.366. The highest BCUT2D eigenvalue weighted by molar-refractivity contribution is 5.99. The molecule has 0 bridgehead atoms. The summed E-state index contributed by atoms with van der Waals surface area (Å²) in [6.07, 6.45) is -0.546. The molecule has 9 nitrogen and oxygen atoms in total. The molecule has 0 atom stereocenters. The van der Waals surface area contributed by atoms with Crippen LogP contribution in [0.15, 0.2) is 54.6 Å². The number of rotatable bonds is 4. The van der Waals surface area contributed by atoms with Gasteiger partial charge in [-0.05, 0) is 63.2 Å². The van der Waals surface area contributed by atoms with Crippen LogP contribution in [-0.4, -0.2) is 27.5 Å². The number of aromatic nitrogens is 2. The lowest BCUT2D eigenvalue weighted by Gasteiger charge is -2.19. The number of ether oxygens (including phenoxy) is 1. The van der Waals surface area contributed by atoms with Gasteiger partial charge in [0, 0.05) is 28.5 Å². The van der Waals surface area contributed by atoms with Crippen molar-refractivity contribution >= 4 is 35.0 Å². The van der Waals surface area contributed by atoms with Gasteiger partial charge in [-0.1, -0.05) is 26.8 Å². The van der Waals surface area contributed by atoms with Crippen molar-refractivity contribution in [1.29, 1.82) is 0 Å². The summed E-state index contributed by atoms with van der Waals surface area (Å²) in [5, 5.41) is 13.0. The van der Waals surface area contributed by atoms with Crippen molar-refractivity contribution in [3.63, 3.8) is 0 Å². The number of hydrogen-bond donors (Lipinski definition) is 4. The first kappa shape index (κ1) is 24.6. The van der Waals surface area contributed by atoms with E-state index in [1.165, 1.54) is 0 Å². The first-order chi connectivity index (χ1) is 15.8. The van der Waals surface area contributed by atoms with E-state index in [1.54, 1.807) is 61.9 Å². The topological polar surface area (TPSA) is 123 Å².